The minimum atomic E-state index is -0.869. The van der Waals surface area contributed by atoms with Gasteiger partial charge in [-0.3, -0.25) is 14.3 Å². The fraction of sp³-hybridized carbons (Fsp3) is 0.462. The maximum Gasteiger partial charge on any atom is 0.305 e. The predicted octanol–water partition coefficient (Wildman–Crippen LogP) is 0.852. The Kier molecular flexibility index (Phi) is 4.84. The lowest BCUT2D eigenvalue weighted by molar-refractivity contribution is -0.139. The minimum absolute atomic E-state index is 0.000523. The van der Waals surface area contributed by atoms with E-state index in [-0.39, 0.29) is 18.4 Å². The highest BCUT2D eigenvalue weighted by Gasteiger charge is 2.27. The molecule has 1 aliphatic rings. The molecule has 20 heavy (non-hydrogen) atoms. The number of carbonyl (C=O) groups excluding carboxylic acids is 1. The molecule has 6 nitrogen and oxygen atoms in total. The Morgan fingerprint density at radius 1 is 1.60 bits per heavy atom. The highest BCUT2D eigenvalue weighted by atomic mass is 32.2. The summed E-state index contributed by atoms with van der Waals surface area (Å²) in [7, 11) is 1.81. The Morgan fingerprint density at radius 3 is 3.05 bits per heavy atom. The second kappa shape index (κ2) is 6.60. The first-order valence-electron chi connectivity index (χ1n) is 6.33. The molecule has 1 aromatic rings. The number of rotatable bonds is 4. The average molecular weight is 295 g/mol. The molecule has 1 amide bonds. The first kappa shape index (κ1) is 14.6. The summed E-state index contributed by atoms with van der Waals surface area (Å²) in [5.41, 5.74) is 0.849. The Balaban J connectivity index is 2.02. The average Bonchev–Trinajstić information content (AvgIpc) is 2.82. The van der Waals surface area contributed by atoms with Crippen LogP contribution in [0.4, 0.5) is 0 Å². The number of hydrogen-bond acceptors (Lipinski definition) is 4. The van der Waals surface area contributed by atoms with Gasteiger partial charge in [0.25, 0.3) is 0 Å². The molecule has 7 heteroatoms. The molecule has 0 aliphatic carbocycles. The molecule has 0 unspecified atom stereocenters. The number of carboxylic acid groups (broad SMARTS) is 1. The summed E-state index contributed by atoms with van der Waals surface area (Å²) in [5.74, 6) is 0.522. The maximum atomic E-state index is 12.2. The highest BCUT2D eigenvalue weighted by molar-refractivity contribution is 7.99. The van der Waals surface area contributed by atoms with E-state index in [9.17, 15) is 9.59 Å². The van der Waals surface area contributed by atoms with Crippen LogP contribution in [0.1, 0.15) is 12.0 Å². The zero-order valence-electron chi connectivity index (χ0n) is 11.2. The van der Waals surface area contributed by atoms with Gasteiger partial charge in [-0.05, 0) is 6.08 Å². The first-order chi connectivity index (χ1) is 9.56. The van der Waals surface area contributed by atoms with Crippen molar-refractivity contribution in [2.24, 2.45) is 7.05 Å². The maximum absolute atomic E-state index is 12.2. The van der Waals surface area contributed by atoms with E-state index < -0.39 is 5.97 Å². The van der Waals surface area contributed by atoms with E-state index >= 15 is 0 Å². The monoisotopic (exact) mass is 295 g/mol. The van der Waals surface area contributed by atoms with Crippen LogP contribution in [-0.2, 0) is 16.6 Å². The molecule has 0 spiro atoms. The molecule has 1 aliphatic heterocycles. The molecular weight excluding hydrogens is 278 g/mol. The third kappa shape index (κ3) is 3.86. The Bertz CT molecular complexity index is 527. The van der Waals surface area contributed by atoms with E-state index in [4.69, 9.17) is 5.11 Å². The van der Waals surface area contributed by atoms with Crippen LogP contribution in [0.25, 0.3) is 6.08 Å². The van der Waals surface area contributed by atoms with E-state index in [1.807, 2.05) is 13.2 Å². The van der Waals surface area contributed by atoms with Crippen LogP contribution in [0, 0.1) is 0 Å². The van der Waals surface area contributed by atoms with Crippen molar-refractivity contribution in [3.8, 4) is 0 Å². The van der Waals surface area contributed by atoms with E-state index in [2.05, 4.69) is 5.10 Å². The van der Waals surface area contributed by atoms with E-state index in [1.165, 1.54) is 6.08 Å². The van der Waals surface area contributed by atoms with Gasteiger partial charge in [-0.15, -0.1) is 0 Å². The highest BCUT2D eigenvalue weighted by Crippen LogP contribution is 2.19. The van der Waals surface area contributed by atoms with Gasteiger partial charge in [0.05, 0.1) is 18.7 Å². The van der Waals surface area contributed by atoms with Crippen LogP contribution in [0.5, 0.6) is 0 Å². The van der Waals surface area contributed by atoms with Crippen molar-refractivity contribution >= 4 is 29.7 Å². The van der Waals surface area contributed by atoms with Crippen molar-refractivity contribution < 1.29 is 14.7 Å². The van der Waals surface area contributed by atoms with Crippen molar-refractivity contribution in [3.63, 3.8) is 0 Å². The van der Waals surface area contributed by atoms with Gasteiger partial charge in [-0.2, -0.15) is 16.9 Å². The second-order valence-electron chi connectivity index (χ2n) is 4.64. The molecule has 1 N–H and O–H groups in total. The Morgan fingerprint density at radius 2 is 2.40 bits per heavy atom. The number of carbonyl (C=O) groups is 2. The summed E-state index contributed by atoms with van der Waals surface area (Å²) in [6.07, 6.45) is 6.67. The van der Waals surface area contributed by atoms with Gasteiger partial charge in [0, 0.05) is 42.9 Å². The zero-order chi connectivity index (χ0) is 14.5. The predicted molar refractivity (Wildman–Crippen MR) is 77.3 cm³/mol. The van der Waals surface area contributed by atoms with Gasteiger partial charge in [0.15, 0.2) is 0 Å². The number of nitrogens with zero attached hydrogens (tertiary/aromatic N) is 3. The normalized spacial score (nSPS) is 19.4. The number of carboxylic acids is 1. The molecule has 1 saturated heterocycles. The number of amides is 1. The first-order valence-corrected chi connectivity index (χ1v) is 7.48. The van der Waals surface area contributed by atoms with Crippen molar-refractivity contribution in [2.75, 3.05) is 18.1 Å². The number of aliphatic carboxylic acids is 1. The quantitative estimate of drug-likeness (QED) is 0.834. The molecule has 0 saturated carbocycles. The van der Waals surface area contributed by atoms with Crippen molar-refractivity contribution in [3.05, 3.63) is 24.0 Å². The SMILES string of the molecule is Cn1cc(/C=C\C(=O)N2CCSC[C@H]2CC(=O)O)cn1. The van der Waals surface area contributed by atoms with Gasteiger partial charge in [-0.25, -0.2) is 0 Å². The van der Waals surface area contributed by atoms with E-state index in [0.717, 1.165) is 11.3 Å². The standard InChI is InChI=1S/C13H17N3O3S/c1-15-8-10(7-14-15)2-3-12(17)16-4-5-20-9-11(16)6-13(18)19/h2-3,7-8,11H,4-6,9H2,1H3,(H,18,19)/b3-2-/t11-/m1/s1. The van der Waals surface area contributed by atoms with Crippen molar-refractivity contribution in [1.29, 1.82) is 0 Å². The van der Waals surface area contributed by atoms with E-state index in [0.29, 0.717) is 12.3 Å². The molecule has 0 radical (unpaired) electrons. The van der Waals surface area contributed by atoms with Crippen LogP contribution in [0.15, 0.2) is 18.5 Å². The van der Waals surface area contributed by atoms with Crippen LogP contribution >= 0.6 is 11.8 Å². The van der Waals surface area contributed by atoms with Gasteiger partial charge in [0.1, 0.15) is 0 Å². The third-order valence-electron chi connectivity index (χ3n) is 3.06. The lowest BCUT2D eigenvalue weighted by Crippen LogP contribution is -2.46. The number of hydrogen-bond donors (Lipinski definition) is 1. The van der Waals surface area contributed by atoms with E-state index in [1.54, 1.807) is 33.6 Å². The van der Waals surface area contributed by atoms with Crippen LogP contribution in [0.2, 0.25) is 0 Å². The smallest absolute Gasteiger partial charge is 0.305 e. The minimum Gasteiger partial charge on any atom is -0.481 e. The molecule has 0 aromatic carbocycles. The summed E-state index contributed by atoms with van der Waals surface area (Å²) in [6, 6.07) is -0.225. The van der Waals surface area contributed by atoms with Gasteiger partial charge < -0.3 is 10.0 Å². The van der Waals surface area contributed by atoms with Gasteiger partial charge in [-0.1, -0.05) is 0 Å². The summed E-state index contributed by atoms with van der Waals surface area (Å²) < 4.78 is 1.66. The summed E-state index contributed by atoms with van der Waals surface area (Å²) in [6.45, 7) is 0.596. The third-order valence-corrected chi connectivity index (χ3v) is 4.16. The Hall–Kier alpha value is -1.76. The zero-order valence-corrected chi connectivity index (χ0v) is 12.0. The molecule has 1 fully saturated rings. The fourth-order valence-corrected chi connectivity index (χ4v) is 3.17. The summed E-state index contributed by atoms with van der Waals surface area (Å²) in [5, 5.41) is 12.9. The fourth-order valence-electron chi connectivity index (χ4n) is 2.11. The largest absolute Gasteiger partial charge is 0.481 e. The molecule has 1 aromatic heterocycles. The molecular formula is C13H17N3O3S. The topological polar surface area (TPSA) is 75.4 Å². The Labute approximate surface area is 121 Å². The number of aromatic nitrogens is 2. The summed E-state index contributed by atoms with van der Waals surface area (Å²) in [4.78, 5) is 24.7. The number of aryl methyl sites for hydroxylation is 1. The molecule has 108 valence electrons. The molecule has 2 rings (SSSR count). The molecule has 2 heterocycles. The second-order valence-corrected chi connectivity index (χ2v) is 5.79. The van der Waals surface area contributed by atoms with Crippen molar-refractivity contribution in [2.45, 2.75) is 12.5 Å². The van der Waals surface area contributed by atoms with Crippen LogP contribution < -0.4 is 0 Å². The molecule has 0 bridgehead atoms. The van der Waals surface area contributed by atoms with Gasteiger partial charge >= 0.3 is 5.97 Å². The summed E-state index contributed by atoms with van der Waals surface area (Å²) >= 11 is 1.69. The lowest BCUT2D eigenvalue weighted by Gasteiger charge is -2.33. The van der Waals surface area contributed by atoms with Crippen LogP contribution in [0.3, 0.4) is 0 Å². The van der Waals surface area contributed by atoms with Crippen molar-refractivity contribution in [1.82, 2.24) is 14.7 Å². The van der Waals surface area contributed by atoms with Crippen LogP contribution in [-0.4, -0.2) is 55.8 Å². The lowest BCUT2D eigenvalue weighted by atomic mass is 10.2. The number of thioether (sulfide) groups is 1. The van der Waals surface area contributed by atoms with Gasteiger partial charge in [0.2, 0.25) is 5.91 Å². The molecule has 1 atom stereocenters.